The molecular formula is C15H29N3O. The molecule has 0 bridgehead atoms. The van der Waals surface area contributed by atoms with E-state index in [1.54, 1.807) is 0 Å². The van der Waals surface area contributed by atoms with Gasteiger partial charge < -0.3 is 15.5 Å². The Kier molecular flexibility index (Phi) is 5.64. The number of nitrogens with zero attached hydrogens (tertiary/aromatic N) is 1. The van der Waals surface area contributed by atoms with Crippen LogP contribution < -0.4 is 10.6 Å². The first kappa shape index (κ1) is 14.8. The molecule has 0 aliphatic carbocycles. The molecule has 2 heterocycles. The van der Waals surface area contributed by atoms with E-state index in [4.69, 9.17) is 0 Å². The van der Waals surface area contributed by atoms with Crippen LogP contribution in [0.2, 0.25) is 0 Å². The van der Waals surface area contributed by atoms with Crippen LogP contribution in [0.5, 0.6) is 0 Å². The zero-order valence-corrected chi connectivity index (χ0v) is 12.5. The summed E-state index contributed by atoms with van der Waals surface area (Å²) in [7, 11) is 0. The van der Waals surface area contributed by atoms with Crippen molar-refractivity contribution in [3.05, 3.63) is 0 Å². The van der Waals surface area contributed by atoms with E-state index in [1.807, 2.05) is 0 Å². The van der Waals surface area contributed by atoms with Gasteiger partial charge >= 0.3 is 0 Å². The Bertz CT molecular complexity index is 289. The summed E-state index contributed by atoms with van der Waals surface area (Å²) in [6.45, 7) is 9.83. The molecule has 2 N–H and O–H groups in total. The van der Waals surface area contributed by atoms with Gasteiger partial charge in [-0.2, -0.15) is 0 Å². The summed E-state index contributed by atoms with van der Waals surface area (Å²) in [6.07, 6.45) is 4.82. The van der Waals surface area contributed by atoms with E-state index in [2.05, 4.69) is 29.4 Å². The molecule has 19 heavy (non-hydrogen) atoms. The fourth-order valence-corrected chi connectivity index (χ4v) is 3.28. The van der Waals surface area contributed by atoms with Crippen LogP contribution in [-0.2, 0) is 4.79 Å². The minimum atomic E-state index is 0.160. The second kappa shape index (κ2) is 7.25. The molecule has 2 aliphatic rings. The molecule has 0 aromatic rings. The van der Waals surface area contributed by atoms with Gasteiger partial charge in [-0.3, -0.25) is 4.79 Å². The van der Waals surface area contributed by atoms with Crippen molar-refractivity contribution in [2.45, 2.75) is 45.6 Å². The van der Waals surface area contributed by atoms with Gasteiger partial charge in [0.15, 0.2) is 0 Å². The highest BCUT2D eigenvalue weighted by Crippen LogP contribution is 2.16. The molecule has 110 valence electrons. The third kappa shape index (κ3) is 4.46. The van der Waals surface area contributed by atoms with Crippen molar-refractivity contribution in [1.82, 2.24) is 15.5 Å². The number of nitrogens with one attached hydrogen (secondary N) is 2. The average Bonchev–Trinajstić information content (AvgIpc) is 2.89. The minimum Gasteiger partial charge on any atom is -0.355 e. The van der Waals surface area contributed by atoms with E-state index in [-0.39, 0.29) is 11.8 Å². The molecule has 4 nitrogen and oxygen atoms in total. The molecular weight excluding hydrogens is 238 g/mol. The van der Waals surface area contributed by atoms with Crippen LogP contribution in [0.3, 0.4) is 0 Å². The molecule has 2 fully saturated rings. The number of hydrogen-bond donors (Lipinski definition) is 2. The Hall–Kier alpha value is -0.610. The monoisotopic (exact) mass is 267 g/mol. The SMILES string of the molecule is CC(CNC(=O)C1CCCNC1C)CN1CCCC1. The van der Waals surface area contributed by atoms with Crippen LogP contribution in [0.25, 0.3) is 0 Å². The number of hydrogen-bond acceptors (Lipinski definition) is 3. The fourth-order valence-electron chi connectivity index (χ4n) is 3.28. The Morgan fingerprint density at radius 2 is 2.11 bits per heavy atom. The molecule has 4 heteroatoms. The van der Waals surface area contributed by atoms with Crippen molar-refractivity contribution >= 4 is 5.91 Å². The summed E-state index contributed by atoms with van der Waals surface area (Å²) in [6, 6.07) is 0.322. The van der Waals surface area contributed by atoms with Gasteiger partial charge in [-0.1, -0.05) is 6.92 Å². The van der Waals surface area contributed by atoms with E-state index in [9.17, 15) is 4.79 Å². The third-order valence-corrected chi connectivity index (χ3v) is 4.49. The summed E-state index contributed by atoms with van der Waals surface area (Å²) < 4.78 is 0. The van der Waals surface area contributed by atoms with Crippen molar-refractivity contribution in [2.24, 2.45) is 11.8 Å². The minimum absolute atomic E-state index is 0.160. The first-order chi connectivity index (χ1) is 9.16. The second-order valence-corrected chi connectivity index (χ2v) is 6.35. The van der Waals surface area contributed by atoms with Gasteiger partial charge in [0.2, 0.25) is 5.91 Å². The Balaban J connectivity index is 1.67. The topological polar surface area (TPSA) is 44.4 Å². The smallest absolute Gasteiger partial charge is 0.224 e. The average molecular weight is 267 g/mol. The zero-order chi connectivity index (χ0) is 13.7. The lowest BCUT2D eigenvalue weighted by atomic mass is 9.91. The lowest BCUT2D eigenvalue weighted by Gasteiger charge is -2.29. The quantitative estimate of drug-likeness (QED) is 0.787. The fraction of sp³-hybridized carbons (Fsp3) is 0.933. The number of carbonyl (C=O) groups excluding carboxylic acids is 1. The van der Waals surface area contributed by atoms with Crippen LogP contribution in [0.1, 0.15) is 39.5 Å². The Morgan fingerprint density at radius 3 is 2.79 bits per heavy atom. The van der Waals surface area contributed by atoms with Crippen LogP contribution in [0.4, 0.5) is 0 Å². The van der Waals surface area contributed by atoms with Crippen LogP contribution in [0.15, 0.2) is 0 Å². The van der Waals surface area contributed by atoms with E-state index < -0.39 is 0 Å². The van der Waals surface area contributed by atoms with Crippen LogP contribution in [0, 0.1) is 11.8 Å². The maximum atomic E-state index is 12.2. The maximum absolute atomic E-state index is 12.2. The lowest BCUT2D eigenvalue weighted by molar-refractivity contribution is -0.126. The Morgan fingerprint density at radius 1 is 1.37 bits per heavy atom. The van der Waals surface area contributed by atoms with Crippen molar-refractivity contribution in [2.75, 3.05) is 32.7 Å². The maximum Gasteiger partial charge on any atom is 0.224 e. The van der Waals surface area contributed by atoms with Gasteiger partial charge in [-0.15, -0.1) is 0 Å². The molecule has 0 aromatic heterocycles. The molecule has 0 radical (unpaired) electrons. The van der Waals surface area contributed by atoms with Crippen LogP contribution in [-0.4, -0.2) is 49.6 Å². The lowest BCUT2D eigenvalue weighted by Crippen LogP contribution is -2.47. The van der Waals surface area contributed by atoms with Crippen molar-refractivity contribution < 1.29 is 4.79 Å². The van der Waals surface area contributed by atoms with Crippen molar-refractivity contribution in [1.29, 1.82) is 0 Å². The predicted octanol–water partition coefficient (Wildman–Crippen LogP) is 1.22. The molecule has 1 amide bonds. The number of rotatable bonds is 5. The molecule has 2 saturated heterocycles. The molecule has 2 aliphatic heterocycles. The molecule has 0 aromatic carbocycles. The number of piperidine rings is 1. The van der Waals surface area contributed by atoms with Gasteiger partial charge in [-0.25, -0.2) is 0 Å². The number of amides is 1. The second-order valence-electron chi connectivity index (χ2n) is 6.35. The molecule has 3 atom stereocenters. The zero-order valence-electron chi connectivity index (χ0n) is 12.5. The van der Waals surface area contributed by atoms with E-state index in [0.29, 0.717) is 12.0 Å². The van der Waals surface area contributed by atoms with Gasteiger partial charge in [0.25, 0.3) is 0 Å². The summed E-state index contributed by atoms with van der Waals surface area (Å²) in [5.74, 6) is 0.953. The van der Waals surface area contributed by atoms with Crippen molar-refractivity contribution in [3.63, 3.8) is 0 Å². The van der Waals surface area contributed by atoms with E-state index in [0.717, 1.165) is 32.5 Å². The standard InChI is InChI=1S/C15H29N3O/c1-12(11-18-8-3-4-9-18)10-17-15(19)14-6-5-7-16-13(14)2/h12-14,16H,3-11H2,1-2H3,(H,17,19). The highest BCUT2D eigenvalue weighted by molar-refractivity contribution is 5.79. The largest absolute Gasteiger partial charge is 0.355 e. The summed E-state index contributed by atoms with van der Waals surface area (Å²) in [5.41, 5.74) is 0. The molecule has 0 saturated carbocycles. The molecule has 0 spiro atoms. The van der Waals surface area contributed by atoms with Crippen molar-refractivity contribution in [3.8, 4) is 0 Å². The van der Waals surface area contributed by atoms with Gasteiger partial charge in [0.1, 0.15) is 0 Å². The van der Waals surface area contributed by atoms with E-state index >= 15 is 0 Å². The summed E-state index contributed by atoms with van der Waals surface area (Å²) >= 11 is 0. The first-order valence-electron chi connectivity index (χ1n) is 7.90. The highest BCUT2D eigenvalue weighted by Gasteiger charge is 2.27. The number of carbonyl (C=O) groups is 1. The molecule has 3 unspecified atom stereocenters. The van der Waals surface area contributed by atoms with E-state index in [1.165, 1.54) is 25.9 Å². The first-order valence-corrected chi connectivity index (χ1v) is 7.90. The van der Waals surface area contributed by atoms with Gasteiger partial charge in [-0.05, 0) is 58.2 Å². The van der Waals surface area contributed by atoms with Gasteiger partial charge in [0.05, 0.1) is 5.92 Å². The summed E-state index contributed by atoms with van der Waals surface area (Å²) in [5, 5.41) is 6.54. The Labute approximate surface area is 117 Å². The summed E-state index contributed by atoms with van der Waals surface area (Å²) in [4.78, 5) is 14.7. The predicted molar refractivity (Wildman–Crippen MR) is 78.0 cm³/mol. The van der Waals surface area contributed by atoms with Gasteiger partial charge in [0, 0.05) is 19.1 Å². The molecule has 2 rings (SSSR count). The highest BCUT2D eigenvalue weighted by atomic mass is 16.1. The normalized spacial score (nSPS) is 30.2. The number of likely N-dealkylation sites (tertiary alicyclic amines) is 1. The third-order valence-electron chi connectivity index (χ3n) is 4.49. The van der Waals surface area contributed by atoms with Crippen LogP contribution >= 0.6 is 0 Å².